The summed E-state index contributed by atoms with van der Waals surface area (Å²) in [5.41, 5.74) is 3.99. The number of anilines is 1. The van der Waals surface area contributed by atoms with Gasteiger partial charge in [0.15, 0.2) is 11.0 Å². The summed E-state index contributed by atoms with van der Waals surface area (Å²) >= 11 is 2.95. The molecule has 0 unspecified atom stereocenters. The van der Waals surface area contributed by atoms with Crippen molar-refractivity contribution in [3.05, 3.63) is 45.8 Å². The quantitative estimate of drug-likeness (QED) is 0.479. The smallest absolute Gasteiger partial charge is 0.235 e. The van der Waals surface area contributed by atoms with Gasteiger partial charge < -0.3 is 9.88 Å². The molecule has 1 aromatic carbocycles. The Morgan fingerprint density at radius 1 is 1.22 bits per heavy atom. The van der Waals surface area contributed by atoms with E-state index in [1.165, 1.54) is 29.5 Å². The van der Waals surface area contributed by atoms with Crippen molar-refractivity contribution >= 4 is 34.0 Å². The molecule has 32 heavy (non-hydrogen) atoms. The van der Waals surface area contributed by atoms with Gasteiger partial charge in [-0.25, -0.2) is 0 Å². The normalized spacial score (nSPS) is 13.7. The van der Waals surface area contributed by atoms with Gasteiger partial charge in [0.1, 0.15) is 11.1 Å². The third kappa shape index (κ3) is 4.74. The van der Waals surface area contributed by atoms with Gasteiger partial charge in [0.05, 0.1) is 11.3 Å². The fraction of sp³-hybridized carbons (Fsp3) is 0.417. The molecule has 1 amide bonds. The van der Waals surface area contributed by atoms with Gasteiger partial charge in [-0.15, -0.1) is 21.5 Å². The second kappa shape index (κ2) is 10.3. The number of amides is 1. The van der Waals surface area contributed by atoms with E-state index in [0.29, 0.717) is 10.6 Å². The Kier molecular flexibility index (Phi) is 7.28. The number of hydrogen-bond acceptors (Lipinski definition) is 6. The molecule has 3 aromatic rings. The minimum absolute atomic E-state index is 0.121. The van der Waals surface area contributed by atoms with Crippen LogP contribution in [0, 0.1) is 18.3 Å². The maximum atomic E-state index is 12.7. The number of aryl methyl sites for hydroxylation is 2. The van der Waals surface area contributed by atoms with Crippen molar-refractivity contribution in [3.8, 4) is 17.5 Å². The molecule has 6 nitrogen and oxygen atoms in total. The number of carbonyl (C=O) groups is 1. The Morgan fingerprint density at radius 3 is 2.75 bits per heavy atom. The summed E-state index contributed by atoms with van der Waals surface area (Å²) in [6, 6.07) is 10.4. The van der Waals surface area contributed by atoms with Crippen molar-refractivity contribution in [2.45, 2.75) is 64.1 Å². The summed E-state index contributed by atoms with van der Waals surface area (Å²) < 4.78 is 2.04. The third-order valence-corrected chi connectivity index (χ3v) is 7.96. The predicted octanol–water partition coefficient (Wildman–Crippen LogP) is 5.60. The molecule has 0 atom stereocenters. The number of fused-ring (bicyclic) bond motifs is 1. The highest BCUT2D eigenvalue weighted by molar-refractivity contribution is 7.99. The van der Waals surface area contributed by atoms with Crippen LogP contribution in [0.3, 0.4) is 0 Å². The van der Waals surface area contributed by atoms with Crippen molar-refractivity contribution < 1.29 is 4.79 Å². The SMILES string of the molecule is CCn1c(SCC(=O)Nc2sc3c(c2C#N)CCCCCC3)nnc1-c1ccccc1C. The molecular formula is C24H27N5OS2. The zero-order valence-electron chi connectivity index (χ0n) is 18.5. The standard InChI is InChI=1S/C24H27N5OS2/c1-3-29-22(17-11-9-8-10-16(17)2)27-28-24(29)31-15-21(30)26-23-19(14-25)18-12-6-4-5-7-13-20(18)32-23/h8-11H,3-7,12-13,15H2,1-2H3,(H,26,30). The molecule has 0 saturated heterocycles. The lowest BCUT2D eigenvalue weighted by molar-refractivity contribution is -0.113. The molecule has 1 aliphatic rings. The zero-order valence-corrected chi connectivity index (χ0v) is 20.1. The molecule has 0 radical (unpaired) electrons. The topological polar surface area (TPSA) is 83.6 Å². The molecule has 0 fully saturated rings. The molecule has 0 aliphatic heterocycles. The largest absolute Gasteiger partial charge is 0.316 e. The molecule has 1 N–H and O–H groups in total. The van der Waals surface area contributed by atoms with Crippen LogP contribution in [0.25, 0.3) is 11.4 Å². The molecule has 8 heteroatoms. The first-order valence-corrected chi connectivity index (χ1v) is 12.9. The lowest BCUT2D eigenvalue weighted by Gasteiger charge is -2.09. The van der Waals surface area contributed by atoms with Crippen LogP contribution in [0.15, 0.2) is 29.4 Å². The van der Waals surface area contributed by atoms with Crippen molar-refractivity contribution in [2.75, 3.05) is 11.1 Å². The number of hydrogen-bond donors (Lipinski definition) is 1. The maximum absolute atomic E-state index is 12.7. The van der Waals surface area contributed by atoms with Gasteiger partial charge in [-0.2, -0.15) is 5.26 Å². The first-order chi connectivity index (χ1) is 15.6. The van der Waals surface area contributed by atoms with E-state index in [2.05, 4.69) is 41.5 Å². The number of carbonyl (C=O) groups excluding carboxylic acids is 1. The number of benzene rings is 1. The van der Waals surface area contributed by atoms with Gasteiger partial charge in [0, 0.05) is 17.0 Å². The Morgan fingerprint density at radius 2 is 2.00 bits per heavy atom. The number of rotatable bonds is 6. The Bertz CT molecular complexity index is 1160. The third-order valence-electron chi connectivity index (χ3n) is 5.79. The van der Waals surface area contributed by atoms with E-state index in [9.17, 15) is 10.1 Å². The van der Waals surface area contributed by atoms with E-state index in [4.69, 9.17) is 0 Å². The van der Waals surface area contributed by atoms with E-state index in [1.54, 1.807) is 11.3 Å². The van der Waals surface area contributed by atoms with Crippen molar-refractivity contribution in [3.63, 3.8) is 0 Å². The predicted molar refractivity (Wildman–Crippen MR) is 130 cm³/mol. The number of nitriles is 1. The zero-order chi connectivity index (χ0) is 22.5. The van der Waals surface area contributed by atoms with Crippen LogP contribution in [0.5, 0.6) is 0 Å². The molecule has 0 spiro atoms. The Balaban J connectivity index is 1.47. The van der Waals surface area contributed by atoms with E-state index in [-0.39, 0.29) is 11.7 Å². The summed E-state index contributed by atoms with van der Waals surface area (Å²) in [5, 5.41) is 22.9. The number of nitrogens with one attached hydrogen (secondary N) is 1. The molecule has 0 saturated carbocycles. The van der Waals surface area contributed by atoms with Crippen LogP contribution in [0.2, 0.25) is 0 Å². The number of thioether (sulfide) groups is 1. The summed E-state index contributed by atoms with van der Waals surface area (Å²) in [6.45, 7) is 4.83. The molecular weight excluding hydrogens is 438 g/mol. The summed E-state index contributed by atoms with van der Waals surface area (Å²) in [6.07, 6.45) is 6.64. The van der Waals surface area contributed by atoms with Crippen molar-refractivity contribution in [1.82, 2.24) is 14.8 Å². The van der Waals surface area contributed by atoms with Gasteiger partial charge >= 0.3 is 0 Å². The highest BCUT2D eigenvalue weighted by Crippen LogP contribution is 2.36. The molecule has 0 bridgehead atoms. The average Bonchev–Trinajstić information content (AvgIpc) is 3.32. The Labute approximate surface area is 197 Å². The van der Waals surface area contributed by atoms with Gasteiger partial charge in [0.2, 0.25) is 5.91 Å². The molecule has 166 valence electrons. The minimum Gasteiger partial charge on any atom is -0.316 e. The maximum Gasteiger partial charge on any atom is 0.235 e. The number of thiophene rings is 1. The average molecular weight is 466 g/mol. The highest BCUT2D eigenvalue weighted by atomic mass is 32.2. The van der Waals surface area contributed by atoms with Crippen LogP contribution in [-0.4, -0.2) is 26.4 Å². The first-order valence-electron chi connectivity index (χ1n) is 11.1. The minimum atomic E-state index is -0.121. The van der Waals surface area contributed by atoms with Crippen LogP contribution in [-0.2, 0) is 24.2 Å². The fourth-order valence-corrected chi connectivity index (χ4v) is 6.18. The van der Waals surface area contributed by atoms with Crippen molar-refractivity contribution in [1.29, 1.82) is 5.26 Å². The van der Waals surface area contributed by atoms with Crippen molar-refractivity contribution in [2.24, 2.45) is 0 Å². The van der Waals surface area contributed by atoms with Gasteiger partial charge in [-0.1, -0.05) is 48.9 Å². The number of aromatic nitrogens is 3. The second-order valence-corrected chi connectivity index (χ2v) is 9.98. The van der Waals surface area contributed by atoms with E-state index >= 15 is 0 Å². The fourth-order valence-electron chi connectivity index (χ4n) is 4.12. The summed E-state index contributed by atoms with van der Waals surface area (Å²) in [7, 11) is 0. The van der Waals surface area contributed by atoms with Crippen LogP contribution < -0.4 is 5.32 Å². The van der Waals surface area contributed by atoms with Gasteiger partial charge in [-0.05, 0) is 50.7 Å². The monoisotopic (exact) mass is 465 g/mol. The second-order valence-electron chi connectivity index (χ2n) is 7.94. The van der Waals surface area contributed by atoms with Gasteiger partial charge in [-0.3, -0.25) is 4.79 Å². The Hall–Kier alpha value is -2.63. The molecule has 2 heterocycles. The first kappa shape index (κ1) is 22.6. The van der Waals surface area contributed by atoms with E-state index < -0.39 is 0 Å². The molecule has 2 aromatic heterocycles. The van der Waals surface area contributed by atoms with Crippen LogP contribution in [0.1, 0.15) is 54.2 Å². The highest BCUT2D eigenvalue weighted by Gasteiger charge is 2.21. The lowest BCUT2D eigenvalue weighted by atomic mass is 9.97. The molecule has 1 aliphatic carbocycles. The summed E-state index contributed by atoms with van der Waals surface area (Å²) in [5.74, 6) is 0.918. The van der Waals surface area contributed by atoms with Crippen LogP contribution >= 0.6 is 23.1 Å². The van der Waals surface area contributed by atoms with E-state index in [0.717, 1.165) is 59.9 Å². The molecule has 4 rings (SSSR count). The van der Waals surface area contributed by atoms with Gasteiger partial charge in [0.25, 0.3) is 0 Å². The van der Waals surface area contributed by atoms with E-state index in [1.807, 2.05) is 22.8 Å². The number of nitrogens with zero attached hydrogens (tertiary/aromatic N) is 4. The summed E-state index contributed by atoms with van der Waals surface area (Å²) in [4.78, 5) is 14.0. The van der Waals surface area contributed by atoms with Crippen LogP contribution in [0.4, 0.5) is 5.00 Å². The lowest BCUT2D eigenvalue weighted by Crippen LogP contribution is -2.14.